The van der Waals surface area contributed by atoms with Crippen LogP contribution >= 0.6 is 11.6 Å². The highest BCUT2D eigenvalue weighted by Crippen LogP contribution is 2.30. The molecule has 23 heavy (non-hydrogen) atoms. The summed E-state index contributed by atoms with van der Waals surface area (Å²) in [5.41, 5.74) is 0. The van der Waals surface area contributed by atoms with E-state index in [2.05, 4.69) is 0 Å². The molecule has 0 bridgehead atoms. The largest absolute Gasteiger partial charge is 0.488 e. The first-order chi connectivity index (χ1) is 10.6. The van der Waals surface area contributed by atoms with Crippen LogP contribution in [0.5, 0.6) is 5.75 Å². The summed E-state index contributed by atoms with van der Waals surface area (Å²) in [6.07, 6.45) is -3.74. The Kier molecular flexibility index (Phi) is 5.94. The number of thiol groups is 1. The molecule has 0 heterocycles. The van der Waals surface area contributed by atoms with Gasteiger partial charge in [-0.15, -0.1) is 0 Å². The van der Waals surface area contributed by atoms with Crippen molar-refractivity contribution in [1.29, 1.82) is 0 Å². The van der Waals surface area contributed by atoms with E-state index < -0.39 is 34.6 Å². The molecule has 0 aromatic heterocycles. The van der Waals surface area contributed by atoms with Gasteiger partial charge in [0.1, 0.15) is 23.7 Å². The number of ether oxygens (including phenoxy) is 1. The van der Waals surface area contributed by atoms with Crippen LogP contribution in [0.1, 0.15) is 25.7 Å². The van der Waals surface area contributed by atoms with Crippen molar-refractivity contribution in [1.82, 2.24) is 0 Å². The van der Waals surface area contributed by atoms with E-state index in [1.165, 1.54) is 0 Å². The minimum Gasteiger partial charge on any atom is -0.488 e. The highest BCUT2D eigenvalue weighted by Gasteiger charge is 2.38. The first kappa shape index (κ1) is 18.5. The van der Waals surface area contributed by atoms with Crippen molar-refractivity contribution in [3.63, 3.8) is 0 Å². The zero-order valence-electron chi connectivity index (χ0n) is 12.1. The first-order valence-electron chi connectivity index (χ1n) is 7.14. The zero-order chi connectivity index (χ0) is 17.1. The van der Waals surface area contributed by atoms with E-state index in [0.717, 1.165) is 6.42 Å². The average Bonchev–Trinajstić information content (AvgIpc) is 2.40. The van der Waals surface area contributed by atoms with Crippen molar-refractivity contribution in [3.05, 3.63) is 29.3 Å². The summed E-state index contributed by atoms with van der Waals surface area (Å²) < 4.78 is 68.7. The number of hydrogen-bond acceptors (Lipinski definition) is 3. The standard InChI is InChI=1S/C14H18ClF3O4S/c15-10-5-7-11(8-6-10)21-12-3-1-2-4-13(12)22-23(19,20)9-14(16,17)18/h5-8,12-13,23H,1-4,9H2,(H,19,20)/t12-,13-/m0/s1. The molecule has 1 saturated carbocycles. The number of alkyl halides is 3. The molecule has 0 aliphatic heterocycles. The Morgan fingerprint density at radius 1 is 1.17 bits per heavy atom. The Hall–Kier alpha value is -0.830. The summed E-state index contributed by atoms with van der Waals surface area (Å²) in [6.45, 7) is 0. The molecule has 1 aliphatic rings. The lowest BCUT2D eigenvalue weighted by atomic mass is 9.95. The van der Waals surface area contributed by atoms with E-state index in [1.807, 2.05) is 0 Å². The Morgan fingerprint density at radius 2 is 1.74 bits per heavy atom. The number of benzene rings is 1. The van der Waals surface area contributed by atoms with Crippen LogP contribution in [-0.4, -0.2) is 32.9 Å². The van der Waals surface area contributed by atoms with Crippen LogP contribution in [0.25, 0.3) is 0 Å². The maximum atomic E-state index is 12.3. The highest BCUT2D eigenvalue weighted by atomic mass is 35.5. The van der Waals surface area contributed by atoms with Gasteiger partial charge in [-0.05, 0) is 43.5 Å². The molecule has 4 nitrogen and oxygen atoms in total. The molecule has 0 radical (unpaired) electrons. The van der Waals surface area contributed by atoms with Crippen molar-refractivity contribution >= 4 is 22.1 Å². The fraction of sp³-hybridized carbons (Fsp3) is 0.571. The van der Waals surface area contributed by atoms with Gasteiger partial charge < -0.3 is 9.29 Å². The van der Waals surface area contributed by atoms with Gasteiger partial charge in [0, 0.05) is 5.02 Å². The van der Waals surface area contributed by atoms with E-state index >= 15 is 0 Å². The van der Waals surface area contributed by atoms with Gasteiger partial charge in [0.2, 0.25) is 0 Å². The molecule has 0 saturated heterocycles. The van der Waals surface area contributed by atoms with Gasteiger partial charge in [0.15, 0.2) is 0 Å². The third-order valence-corrected chi connectivity index (χ3v) is 5.03. The molecule has 132 valence electrons. The lowest BCUT2D eigenvalue weighted by Gasteiger charge is -2.34. The average molecular weight is 375 g/mol. The molecule has 2 rings (SSSR count). The van der Waals surface area contributed by atoms with Crippen LogP contribution in [0.15, 0.2) is 24.3 Å². The minimum atomic E-state index is -4.76. The number of hydrogen-bond donors (Lipinski definition) is 2. The fourth-order valence-corrected chi connectivity index (χ4v) is 3.80. The van der Waals surface area contributed by atoms with Gasteiger partial charge in [0.05, 0.1) is 10.5 Å². The second kappa shape index (κ2) is 7.38. The minimum absolute atomic E-state index is 0.376. The molecular weight excluding hydrogens is 357 g/mol. The molecule has 0 unspecified atom stereocenters. The summed E-state index contributed by atoms with van der Waals surface area (Å²) in [7, 11) is -4.76. The summed E-state index contributed by atoms with van der Waals surface area (Å²) in [6, 6.07) is 6.50. The molecule has 2 atom stereocenters. The summed E-state index contributed by atoms with van der Waals surface area (Å²) in [4.78, 5) is 0. The van der Waals surface area contributed by atoms with E-state index in [4.69, 9.17) is 20.5 Å². The Balaban J connectivity index is 2.03. The number of halogens is 4. The molecular formula is C14H18ClF3O4S. The van der Waals surface area contributed by atoms with Crippen LogP contribution in [0.3, 0.4) is 0 Å². The molecule has 9 heteroatoms. The van der Waals surface area contributed by atoms with Gasteiger partial charge in [-0.2, -0.15) is 13.2 Å². The van der Waals surface area contributed by atoms with Crippen molar-refractivity contribution in [2.75, 3.05) is 5.75 Å². The van der Waals surface area contributed by atoms with Crippen LogP contribution < -0.4 is 4.74 Å². The Bertz CT molecular complexity index is 564. The smallest absolute Gasteiger partial charge is 0.402 e. The van der Waals surface area contributed by atoms with E-state index in [9.17, 15) is 21.9 Å². The van der Waals surface area contributed by atoms with Crippen molar-refractivity contribution < 1.29 is 30.9 Å². The van der Waals surface area contributed by atoms with Crippen LogP contribution in [0, 0.1) is 0 Å². The summed E-state index contributed by atoms with van der Waals surface area (Å²) in [5, 5.41) is 0.527. The fourth-order valence-electron chi connectivity index (χ4n) is 2.48. The van der Waals surface area contributed by atoms with E-state index in [1.54, 1.807) is 24.3 Å². The van der Waals surface area contributed by atoms with Crippen LogP contribution in [0.2, 0.25) is 5.02 Å². The van der Waals surface area contributed by atoms with Crippen LogP contribution in [-0.2, 0) is 14.7 Å². The predicted octanol–water partition coefficient (Wildman–Crippen LogP) is 4.01. The van der Waals surface area contributed by atoms with Gasteiger partial charge in [-0.1, -0.05) is 18.0 Å². The topological polar surface area (TPSA) is 55.8 Å². The third-order valence-electron chi connectivity index (χ3n) is 3.42. The summed E-state index contributed by atoms with van der Waals surface area (Å²) >= 11 is 5.78. The SMILES string of the molecule is O=[SH](O)(CC(F)(F)F)O[C@H]1CCCC[C@@H]1Oc1ccc(Cl)cc1. The maximum Gasteiger partial charge on any atom is 0.402 e. The molecule has 1 N–H and O–H groups in total. The molecule has 1 fully saturated rings. The molecule has 1 aromatic carbocycles. The van der Waals surface area contributed by atoms with Gasteiger partial charge in [0.25, 0.3) is 0 Å². The van der Waals surface area contributed by atoms with E-state index in [-0.39, 0.29) is 0 Å². The maximum absolute atomic E-state index is 12.3. The third kappa shape index (κ3) is 6.29. The Morgan fingerprint density at radius 3 is 2.30 bits per heavy atom. The second-order valence-corrected chi connectivity index (χ2v) is 7.69. The quantitative estimate of drug-likeness (QED) is 0.764. The normalized spacial score (nSPS) is 23.5. The zero-order valence-corrected chi connectivity index (χ0v) is 13.8. The van der Waals surface area contributed by atoms with E-state index in [0.29, 0.717) is 30.0 Å². The second-order valence-electron chi connectivity index (χ2n) is 5.45. The molecule has 0 spiro atoms. The van der Waals surface area contributed by atoms with Crippen molar-refractivity contribution in [3.8, 4) is 5.75 Å². The van der Waals surface area contributed by atoms with Crippen LogP contribution in [0.4, 0.5) is 13.2 Å². The monoisotopic (exact) mass is 374 g/mol. The number of rotatable bonds is 5. The molecule has 0 amide bonds. The van der Waals surface area contributed by atoms with Gasteiger partial charge >= 0.3 is 6.18 Å². The van der Waals surface area contributed by atoms with Gasteiger partial charge in [-0.3, -0.25) is 4.18 Å². The first-order valence-corrected chi connectivity index (χ1v) is 9.28. The lowest BCUT2D eigenvalue weighted by Crippen LogP contribution is -2.42. The predicted molar refractivity (Wildman–Crippen MR) is 82.3 cm³/mol. The van der Waals surface area contributed by atoms with Crippen molar-refractivity contribution in [2.24, 2.45) is 0 Å². The van der Waals surface area contributed by atoms with Gasteiger partial charge in [-0.25, -0.2) is 4.21 Å². The highest BCUT2D eigenvalue weighted by molar-refractivity contribution is 7.93. The molecule has 1 aromatic rings. The summed E-state index contributed by atoms with van der Waals surface area (Å²) in [5.74, 6) is -1.37. The molecule has 1 aliphatic carbocycles. The lowest BCUT2D eigenvalue weighted by molar-refractivity contribution is -0.109. The van der Waals surface area contributed by atoms with Crippen molar-refractivity contribution in [2.45, 2.75) is 44.1 Å². The Labute approximate surface area is 138 Å².